The molecule has 4 aromatic carbocycles. The highest BCUT2D eigenvalue weighted by Gasteiger charge is 2.40. The predicted octanol–water partition coefficient (Wildman–Crippen LogP) is 6.97. The first-order valence-electron chi connectivity index (χ1n) is 15.3. The van der Waals surface area contributed by atoms with Crippen molar-refractivity contribution in [2.45, 2.75) is 51.1 Å². The van der Waals surface area contributed by atoms with Crippen molar-refractivity contribution in [1.82, 2.24) is 4.90 Å². The number of nitrogens with zero attached hydrogens (tertiary/aromatic N) is 1. The zero-order chi connectivity index (χ0) is 34.7. The van der Waals surface area contributed by atoms with Crippen LogP contribution in [-0.4, -0.2) is 46.8 Å². The summed E-state index contributed by atoms with van der Waals surface area (Å²) in [6.07, 6.45) is -2.50. The minimum atomic E-state index is -2.36. The van der Waals surface area contributed by atoms with Gasteiger partial charge in [-0.15, -0.1) is 0 Å². The molecular weight excluding hydrogens is 635 g/mol. The fourth-order valence-corrected chi connectivity index (χ4v) is 5.67. The van der Waals surface area contributed by atoms with Gasteiger partial charge in [-0.1, -0.05) is 73.7 Å². The zero-order valence-electron chi connectivity index (χ0n) is 26.3. The van der Waals surface area contributed by atoms with Gasteiger partial charge >= 0.3 is 0 Å². The van der Waals surface area contributed by atoms with Crippen molar-refractivity contribution in [3.63, 3.8) is 0 Å². The Balaban J connectivity index is 1.37. The molecule has 7 nitrogen and oxygen atoms in total. The Bertz CT molecular complexity index is 1700. The monoisotopic (exact) mass is 670 g/mol. The van der Waals surface area contributed by atoms with E-state index in [1.165, 1.54) is 12.1 Å². The minimum Gasteiger partial charge on any atom is -0.392 e. The number of benzene rings is 4. The summed E-state index contributed by atoms with van der Waals surface area (Å²) in [4.78, 5) is 14.5. The van der Waals surface area contributed by atoms with Crippen LogP contribution in [0.25, 0.3) is 0 Å². The zero-order valence-corrected chi connectivity index (χ0v) is 26.3. The molecule has 1 heterocycles. The molecule has 1 amide bonds. The first-order chi connectivity index (χ1) is 22.9. The van der Waals surface area contributed by atoms with E-state index < -0.39 is 65.2 Å². The second-order valence-electron chi connectivity index (χ2n) is 11.9. The Morgan fingerprint density at radius 2 is 1.40 bits per heavy atom. The van der Waals surface area contributed by atoms with Crippen LogP contribution >= 0.6 is 0 Å². The van der Waals surface area contributed by atoms with E-state index in [2.05, 4.69) is 5.32 Å². The third kappa shape index (κ3) is 7.27. The number of hydrogen-bond donors (Lipinski definition) is 3. The van der Waals surface area contributed by atoms with Crippen LogP contribution < -0.4 is 5.32 Å². The number of aliphatic hydroxyl groups excluding tert-OH is 2. The minimum absolute atomic E-state index is 0.0213. The van der Waals surface area contributed by atoms with Gasteiger partial charge in [0.25, 0.3) is 5.91 Å². The fraction of sp³-hybridized carbons (Fsp3) is 0.306. The molecule has 0 aliphatic carbocycles. The number of likely N-dealkylation sites (N-methyl/N-ethyl adjacent to an activating group) is 1. The number of carbonyl (C=O) groups excluding carboxylic acids is 1. The normalized spacial score (nSPS) is 20.8. The van der Waals surface area contributed by atoms with Crippen LogP contribution in [0.5, 0.6) is 0 Å². The predicted molar refractivity (Wildman–Crippen MR) is 167 cm³/mol. The summed E-state index contributed by atoms with van der Waals surface area (Å²) < 4.78 is 82.0. The Kier molecular flexibility index (Phi) is 10.9. The summed E-state index contributed by atoms with van der Waals surface area (Å²) >= 11 is 0. The Hall–Kier alpha value is -4.20. The van der Waals surface area contributed by atoms with Crippen LogP contribution in [-0.2, 0) is 16.1 Å². The number of hydrogen-bond acceptors (Lipinski definition) is 6. The quantitative estimate of drug-likeness (QED) is 0.0960. The number of nitrogens with one attached hydrogen (secondary N) is 1. The van der Waals surface area contributed by atoms with Gasteiger partial charge in [0.1, 0.15) is 5.56 Å². The molecule has 0 spiro atoms. The lowest BCUT2D eigenvalue weighted by molar-refractivity contribution is -0.276. The van der Waals surface area contributed by atoms with E-state index in [0.29, 0.717) is 12.1 Å². The van der Waals surface area contributed by atoms with Crippen molar-refractivity contribution < 1.29 is 46.4 Å². The van der Waals surface area contributed by atoms with Crippen molar-refractivity contribution in [3.8, 4) is 0 Å². The molecule has 6 atom stereocenters. The lowest BCUT2D eigenvalue weighted by atomic mass is 9.89. The molecule has 1 aliphatic rings. The van der Waals surface area contributed by atoms with Gasteiger partial charge in [-0.3, -0.25) is 9.69 Å². The number of ether oxygens (including phenoxy) is 2. The van der Waals surface area contributed by atoms with Gasteiger partial charge in [0, 0.05) is 29.8 Å². The van der Waals surface area contributed by atoms with Gasteiger partial charge in [0.2, 0.25) is 5.82 Å². The molecule has 5 rings (SSSR count). The smallest absolute Gasteiger partial charge is 0.261 e. The second kappa shape index (κ2) is 14.9. The molecule has 4 aromatic rings. The van der Waals surface area contributed by atoms with E-state index >= 15 is 0 Å². The van der Waals surface area contributed by atoms with Gasteiger partial charge < -0.3 is 25.0 Å². The Morgan fingerprint density at radius 3 is 1.98 bits per heavy atom. The number of rotatable bonds is 10. The average Bonchev–Trinajstić information content (AvgIpc) is 3.11. The largest absolute Gasteiger partial charge is 0.392 e. The molecule has 1 aliphatic heterocycles. The number of anilines is 1. The van der Waals surface area contributed by atoms with E-state index in [1.54, 1.807) is 24.3 Å². The lowest BCUT2D eigenvalue weighted by Gasteiger charge is -2.43. The number of halogens is 5. The van der Waals surface area contributed by atoms with E-state index in [4.69, 9.17) is 9.47 Å². The molecule has 0 bridgehead atoms. The number of aliphatic hydroxyl groups is 2. The Morgan fingerprint density at radius 1 is 0.833 bits per heavy atom. The van der Waals surface area contributed by atoms with Crippen molar-refractivity contribution in [2.24, 2.45) is 5.92 Å². The van der Waals surface area contributed by atoms with Crippen LogP contribution in [0.15, 0.2) is 78.9 Å². The molecule has 48 heavy (non-hydrogen) atoms. The molecule has 0 aromatic heterocycles. The van der Waals surface area contributed by atoms with E-state index in [0.717, 1.165) is 16.7 Å². The van der Waals surface area contributed by atoms with Gasteiger partial charge in [0.05, 0.1) is 24.9 Å². The van der Waals surface area contributed by atoms with Crippen LogP contribution in [0, 0.1) is 35.0 Å². The van der Waals surface area contributed by atoms with Crippen molar-refractivity contribution in [3.05, 3.63) is 136 Å². The molecule has 1 saturated heterocycles. The maximum atomic E-state index is 14.2. The third-order valence-electron chi connectivity index (χ3n) is 8.76. The highest BCUT2D eigenvalue weighted by Crippen LogP contribution is 2.42. The summed E-state index contributed by atoms with van der Waals surface area (Å²) in [5, 5.41) is 22.7. The summed E-state index contributed by atoms with van der Waals surface area (Å²) in [6.45, 7) is 4.22. The number of carbonyl (C=O) groups is 1. The van der Waals surface area contributed by atoms with Gasteiger partial charge in [0.15, 0.2) is 29.6 Å². The molecule has 254 valence electrons. The molecule has 0 unspecified atom stereocenters. The van der Waals surface area contributed by atoms with Crippen LogP contribution in [0.2, 0.25) is 0 Å². The first-order valence-corrected chi connectivity index (χ1v) is 15.3. The molecule has 1 fully saturated rings. The summed E-state index contributed by atoms with van der Waals surface area (Å²) in [5.74, 6) is -13.0. The number of amides is 1. The van der Waals surface area contributed by atoms with Gasteiger partial charge in [-0.25, -0.2) is 22.0 Å². The van der Waals surface area contributed by atoms with E-state index in [1.807, 2.05) is 68.3 Å². The SMILES string of the molecule is C[C@@H]1[C@H](CN(C)[C@H](C)[C@@H](O)c2ccccc2)O[C@H](c2ccc(NC(=O)c3c(F)c(F)c(F)c(F)c3F)cc2)O[C@@H]1c1ccc(CO)cc1. The van der Waals surface area contributed by atoms with Crippen molar-refractivity contribution in [2.75, 3.05) is 18.9 Å². The first kappa shape index (κ1) is 35.1. The molecule has 12 heteroatoms. The maximum Gasteiger partial charge on any atom is 0.261 e. The van der Waals surface area contributed by atoms with Crippen LogP contribution in [0.4, 0.5) is 27.6 Å². The van der Waals surface area contributed by atoms with E-state index in [-0.39, 0.29) is 24.3 Å². The second-order valence-corrected chi connectivity index (χ2v) is 11.9. The van der Waals surface area contributed by atoms with Crippen molar-refractivity contribution >= 4 is 11.6 Å². The summed E-state index contributed by atoms with van der Waals surface area (Å²) in [7, 11) is 1.89. The highest BCUT2D eigenvalue weighted by molar-refractivity contribution is 6.04. The standard InChI is InChI=1S/C36H35F5N2O5/c1-19-26(17-43(3)20(2)33(45)22-7-5-4-6-8-22)47-36(48-34(19)23-11-9-21(18-44)10-12-23)24-13-15-25(16-14-24)42-35(46)27-28(37)30(39)32(41)31(40)29(27)38/h4-16,19-20,26,33-34,36,44-45H,17-18H2,1-3H3,(H,42,46)/t19-,20-,26+,33-,34+,36+/m1/s1. The topological polar surface area (TPSA) is 91.3 Å². The Labute approximate surface area is 274 Å². The van der Waals surface area contributed by atoms with Gasteiger partial charge in [-0.05, 0) is 42.8 Å². The third-order valence-corrected chi connectivity index (χ3v) is 8.76. The van der Waals surface area contributed by atoms with Gasteiger partial charge in [-0.2, -0.15) is 0 Å². The average molecular weight is 671 g/mol. The molecular formula is C36H35F5N2O5. The maximum absolute atomic E-state index is 14.2. The summed E-state index contributed by atoms with van der Waals surface area (Å²) in [6, 6.07) is 22.3. The van der Waals surface area contributed by atoms with E-state index in [9.17, 15) is 37.0 Å². The van der Waals surface area contributed by atoms with Crippen molar-refractivity contribution in [1.29, 1.82) is 0 Å². The molecule has 0 saturated carbocycles. The molecule has 3 N–H and O–H groups in total. The summed E-state index contributed by atoms with van der Waals surface area (Å²) in [5.41, 5.74) is 1.32. The van der Waals surface area contributed by atoms with Crippen LogP contribution in [0.1, 0.15) is 65.0 Å². The highest BCUT2D eigenvalue weighted by atomic mass is 19.2. The fourth-order valence-electron chi connectivity index (χ4n) is 5.67. The molecule has 0 radical (unpaired) electrons. The lowest BCUT2D eigenvalue weighted by Crippen LogP contribution is -2.46. The van der Waals surface area contributed by atoms with Crippen LogP contribution in [0.3, 0.4) is 0 Å².